The normalized spacial score (nSPS) is 11.2. The average Bonchev–Trinajstić information content (AvgIpc) is 2.42. The van der Waals surface area contributed by atoms with Gasteiger partial charge >= 0.3 is 6.09 Å². The summed E-state index contributed by atoms with van der Waals surface area (Å²) >= 11 is 0. The molecule has 22 heavy (non-hydrogen) atoms. The molecule has 2 aromatic rings. The highest BCUT2D eigenvalue weighted by Gasteiger charge is 2.15. The smallest absolute Gasteiger partial charge is 0.407 e. The lowest BCUT2D eigenvalue weighted by Gasteiger charge is -2.19. The molecule has 0 radical (unpaired) electrons. The first-order valence-corrected chi connectivity index (χ1v) is 7.15. The van der Waals surface area contributed by atoms with Gasteiger partial charge in [-0.15, -0.1) is 0 Å². The second-order valence-corrected chi connectivity index (χ2v) is 5.90. The van der Waals surface area contributed by atoms with E-state index in [9.17, 15) is 9.90 Å². The van der Waals surface area contributed by atoms with Crippen LogP contribution in [-0.4, -0.2) is 34.9 Å². The molecule has 0 aliphatic heterocycles. The van der Waals surface area contributed by atoms with Crippen LogP contribution in [0.5, 0.6) is 5.75 Å². The van der Waals surface area contributed by atoms with Crippen molar-refractivity contribution in [3.8, 4) is 5.75 Å². The summed E-state index contributed by atoms with van der Waals surface area (Å²) in [4.78, 5) is 15.8. The Bertz CT molecular complexity index is 665. The van der Waals surface area contributed by atoms with Gasteiger partial charge in [0.25, 0.3) is 0 Å². The van der Waals surface area contributed by atoms with Crippen molar-refractivity contribution in [3.05, 3.63) is 30.3 Å². The van der Waals surface area contributed by atoms with Gasteiger partial charge in [0.05, 0.1) is 0 Å². The highest BCUT2D eigenvalue weighted by atomic mass is 16.6. The molecule has 0 saturated carbocycles. The fraction of sp³-hybridized carbons (Fsp3) is 0.375. The number of carbonyl (C=O) groups is 1. The van der Waals surface area contributed by atoms with E-state index in [1.54, 1.807) is 12.1 Å². The molecule has 1 heterocycles. The number of amides is 1. The molecule has 6 heteroatoms. The summed E-state index contributed by atoms with van der Waals surface area (Å²) in [5, 5.41) is 16.4. The molecule has 6 nitrogen and oxygen atoms in total. The van der Waals surface area contributed by atoms with Crippen molar-refractivity contribution in [1.82, 2.24) is 10.3 Å². The van der Waals surface area contributed by atoms with Gasteiger partial charge in [-0.3, -0.25) is 0 Å². The van der Waals surface area contributed by atoms with Gasteiger partial charge in [-0.1, -0.05) is 12.1 Å². The van der Waals surface area contributed by atoms with Gasteiger partial charge in [-0.25, -0.2) is 9.78 Å². The number of anilines is 1. The number of carbonyl (C=O) groups excluding carboxylic acids is 1. The highest BCUT2D eigenvalue weighted by Crippen LogP contribution is 2.23. The second-order valence-electron chi connectivity index (χ2n) is 5.90. The summed E-state index contributed by atoms with van der Waals surface area (Å²) in [6.45, 7) is 6.36. The first-order chi connectivity index (χ1) is 10.3. The molecule has 0 atom stereocenters. The van der Waals surface area contributed by atoms with Crippen LogP contribution in [0.15, 0.2) is 30.3 Å². The van der Waals surface area contributed by atoms with E-state index in [1.165, 1.54) is 0 Å². The lowest BCUT2D eigenvalue weighted by atomic mass is 10.2. The molecule has 0 fully saturated rings. The molecule has 1 aromatic heterocycles. The van der Waals surface area contributed by atoms with Gasteiger partial charge < -0.3 is 20.5 Å². The number of hydrogen-bond donors (Lipinski definition) is 3. The lowest BCUT2D eigenvalue weighted by Crippen LogP contribution is -2.35. The minimum atomic E-state index is -0.505. The number of alkyl carbamates (subject to hydrolysis) is 1. The first-order valence-electron chi connectivity index (χ1n) is 7.15. The van der Waals surface area contributed by atoms with Gasteiger partial charge in [0, 0.05) is 18.5 Å². The Morgan fingerprint density at radius 2 is 2.00 bits per heavy atom. The number of para-hydroxylation sites is 1. The van der Waals surface area contributed by atoms with Crippen LogP contribution in [0.1, 0.15) is 20.8 Å². The number of aromatic hydroxyl groups is 1. The minimum Gasteiger partial charge on any atom is -0.506 e. The third-order valence-electron chi connectivity index (χ3n) is 2.80. The Labute approximate surface area is 129 Å². The third kappa shape index (κ3) is 4.51. The summed E-state index contributed by atoms with van der Waals surface area (Å²) in [5.74, 6) is 0.785. The molecule has 1 amide bonds. The Morgan fingerprint density at radius 1 is 1.23 bits per heavy atom. The number of hydrogen-bond acceptors (Lipinski definition) is 5. The van der Waals surface area contributed by atoms with E-state index in [0.29, 0.717) is 24.4 Å². The number of fused-ring (bicyclic) bond motifs is 1. The number of nitrogens with zero attached hydrogens (tertiary/aromatic N) is 1. The van der Waals surface area contributed by atoms with Gasteiger partial charge in [0.15, 0.2) is 0 Å². The molecule has 0 bridgehead atoms. The monoisotopic (exact) mass is 303 g/mol. The molecular weight excluding hydrogens is 282 g/mol. The number of benzene rings is 1. The third-order valence-corrected chi connectivity index (χ3v) is 2.80. The van der Waals surface area contributed by atoms with E-state index < -0.39 is 11.7 Å². The maximum absolute atomic E-state index is 11.5. The molecule has 2 rings (SSSR count). The molecule has 0 unspecified atom stereocenters. The van der Waals surface area contributed by atoms with E-state index in [2.05, 4.69) is 15.6 Å². The van der Waals surface area contributed by atoms with Gasteiger partial charge in [0.2, 0.25) is 0 Å². The molecule has 118 valence electrons. The molecule has 0 aliphatic rings. The number of nitrogens with one attached hydrogen (secondary N) is 2. The summed E-state index contributed by atoms with van der Waals surface area (Å²) < 4.78 is 5.14. The van der Waals surface area contributed by atoms with Crippen molar-refractivity contribution in [2.45, 2.75) is 26.4 Å². The van der Waals surface area contributed by atoms with Crippen LogP contribution in [0.25, 0.3) is 10.9 Å². The Kier molecular flexibility index (Phi) is 4.70. The number of phenolic OH excluding ortho intramolecular Hbond substituents is 1. The van der Waals surface area contributed by atoms with Crippen LogP contribution in [0.4, 0.5) is 10.6 Å². The van der Waals surface area contributed by atoms with E-state index in [0.717, 1.165) is 5.39 Å². The van der Waals surface area contributed by atoms with Crippen LogP contribution in [0, 0.1) is 0 Å². The maximum Gasteiger partial charge on any atom is 0.407 e. The van der Waals surface area contributed by atoms with Crippen molar-refractivity contribution >= 4 is 22.8 Å². The van der Waals surface area contributed by atoms with E-state index in [4.69, 9.17) is 4.74 Å². The van der Waals surface area contributed by atoms with Crippen LogP contribution in [0.2, 0.25) is 0 Å². The van der Waals surface area contributed by atoms with Crippen LogP contribution in [0.3, 0.4) is 0 Å². The van der Waals surface area contributed by atoms with E-state index in [-0.39, 0.29) is 5.75 Å². The zero-order valence-electron chi connectivity index (χ0n) is 13.0. The van der Waals surface area contributed by atoms with Crippen LogP contribution >= 0.6 is 0 Å². The summed E-state index contributed by atoms with van der Waals surface area (Å²) in [5.41, 5.74) is 0.0437. The van der Waals surface area contributed by atoms with Crippen LogP contribution < -0.4 is 10.6 Å². The second kappa shape index (κ2) is 6.51. The molecule has 0 aliphatic carbocycles. The zero-order valence-corrected chi connectivity index (χ0v) is 13.0. The van der Waals surface area contributed by atoms with Crippen LogP contribution in [-0.2, 0) is 4.74 Å². The minimum absolute atomic E-state index is 0.146. The Morgan fingerprint density at radius 3 is 2.73 bits per heavy atom. The molecule has 3 N–H and O–H groups in total. The molecule has 0 saturated heterocycles. The predicted octanol–water partition coefficient (Wildman–Crippen LogP) is 2.88. The maximum atomic E-state index is 11.5. The standard InChI is InChI=1S/C16H21N3O3/c1-16(2,3)22-15(21)18-10-9-17-13-8-7-11-5-4-6-12(20)14(11)19-13/h4-8,20H,9-10H2,1-3H3,(H,17,19)(H,18,21). The van der Waals surface area contributed by atoms with E-state index in [1.807, 2.05) is 39.0 Å². The van der Waals surface area contributed by atoms with Crippen molar-refractivity contribution in [2.24, 2.45) is 0 Å². The topological polar surface area (TPSA) is 83.5 Å². The average molecular weight is 303 g/mol. The summed E-state index contributed by atoms with van der Waals surface area (Å²) in [7, 11) is 0. The number of ether oxygens (including phenoxy) is 1. The Balaban J connectivity index is 1.85. The summed E-state index contributed by atoms with van der Waals surface area (Å²) in [6.07, 6.45) is -0.446. The Hall–Kier alpha value is -2.50. The number of phenols is 1. The zero-order chi connectivity index (χ0) is 16.2. The summed E-state index contributed by atoms with van der Waals surface area (Å²) in [6, 6.07) is 8.97. The van der Waals surface area contributed by atoms with E-state index >= 15 is 0 Å². The number of rotatable bonds is 4. The molecular formula is C16H21N3O3. The molecule has 0 spiro atoms. The predicted molar refractivity (Wildman–Crippen MR) is 86.1 cm³/mol. The quantitative estimate of drug-likeness (QED) is 0.756. The lowest BCUT2D eigenvalue weighted by molar-refractivity contribution is 0.0530. The van der Waals surface area contributed by atoms with Crippen molar-refractivity contribution in [1.29, 1.82) is 0 Å². The fourth-order valence-electron chi connectivity index (χ4n) is 1.90. The van der Waals surface area contributed by atoms with Crippen molar-refractivity contribution in [2.75, 3.05) is 18.4 Å². The van der Waals surface area contributed by atoms with Gasteiger partial charge in [0.1, 0.15) is 22.7 Å². The highest BCUT2D eigenvalue weighted by molar-refractivity contribution is 5.85. The first kappa shape index (κ1) is 15.9. The fourth-order valence-corrected chi connectivity index (χ4v) is 1.90. The SMILES string of the molecule is CC(C)(C)OC(=O)NCCNc1ccc2cccc(O)c2n1. The molecule has 1 aromatic carbocycles. The number of pyridine rings is 1. The van der Waals surface area contributed by atoms with Crippen molar-refractivity contribution < 1.29 is 14.6 Å². The number of aromatic nitrogens is 1. The van der Waals surface area contributed by atoms with Crippen molar-refractivity contribution in [3.63, 3.8) is 0 Å². The van der Waals surface area contributed by atoms with Gasteiger partial charge in [-0.2, -0.15) is 0 Å². The van der Waals surface area contributed by atoms with Gasteiger partial charge in [-0.05, 0) is 39.0 Å². The largest absolute Gasteiger partial charge is 0.506 e.